The zero-order valence-electron chi connectivity index (χ0n) is 22.3. The summed E-state index contributed by atoms with van der Waals surface area (Å²) in [6.07, 6.45) is 0.959. The first kappa shape index (κ1) is 27.4. The molecule has 1 aliphatic carbocycles. The number of ketones is 1. The normalized spacial score (nSPS) is 18.3. The van der Waals surface area contributed by atoms with Crippen molar-refractivity contribution in [1.29, 1.82) is 5.26 Å². The van der Waals surface area contributed by atoms with Gasteiger partial charge in [-0.1, -0.05) is 79.4 Å². The maximum Gasteiger partial charge on any atom is 0.234 e. The zero-order valence-corrected chi connectivity index (χ0v) is 23.9. The molecule has 2 aromatic carbocycles. The number of anilines is 2. The molecule has 0 spiro atoms. The van der Waals surface area contributed by atoms with Crippen LogP contribution in [0.1, 0.15) is 38.2 Å². The Labute approximate surface area is 240 Å². The number of carbonyl (C=O) groups is 2. The number of amides is 1. The number of ether oxygens (including phenoxy) is 1. The molecule has 1 amide bonds. The third kappa shape index (κ3) is 5.33. The molecule has 1 atom stereocenters. The van der Waals surface area contributed by atoms with E-state index in [9.17, 15) is 14.9 Å². The van der Waals surface area contributed by atoms with Gasteiger partial charge in [-0.15, -0.1) is 10.2 Å². The number of nitriles is 1. The molecule has 0 saturated heterocycles. The number of carbonyl (C=O) groups excluding carboxylic acids is 2. The summed E-state index contributed by atoms with van der Waals surface area (Å²) in [4.78, 5) is 27.9. The van der Waals surface area contributed by atoms with Crippen LogP contribution < -0.4 is 20.7 Å². The lowest BCUT2D eigenvalue weighted by Crippen LogP contribution is -2.42. The summed E-state index contributed by atoms with van der Waals surface area (Å²) in [5.74, 6) is 0.159. The molecule has 2 aliphatic rings. The van der Waals surface area contributed by atoms with E-state index < -0.39 is 5.92 Å². The Morgan fingerprint density at radius 3 is 2.65 bits per heavy atom. The number of nitrogens with zero attached hydrogens (tertiary/aromatic N) is 4. The summed E-state index contributed by atoms with van der Waals surface area (Å²) >= 11 is 2.50. The molecule has 204 valence electrons. The van der Waals surface area contributed by atoms with Crippen LogP contribution in [-0.4, -0.2) is 34.8 Å². The zero-order chi connectivity index (χ0) is 28.4. The van der Waals surface area contributed by atoms with E-state index in [1.807, 2.05) is 56.3 Å². The van der Waals surface area contributed by atoms with Crippen LogP contribution in [-0.2, 0) is 9.59 Å². The number of rotatable bonds is 7. The molecule has 11 heteroatoms. The highest BCUT2D eigenvalue weighted by Crippen LogP contribution is 2.50. The molecular weight excluding hydrogens is 544 g/mol. The lowest BCUT2D eigenvalue weighted by atomic mass is 9.69. The molecule has 3 aromatic rings. The molecule has 0 saturated carbocycles. The summed E-state index contributed by atoms with van der Waals surface area (Å²) < 4.78 is 5.85. The van der Waals surface area contributed by atoms with Gasteiger partial charge in [-0.2, -0.15) is 5.26 Å². The van der Waals surface area contributed by atoms with Gasteiger partial charge in [0.1, 0.15) is 11.6 Å². The second-order valence-corrected chi connectivity index (χ2v) is 12.5. The second kappa shape index (κ2) is 11.2. The highest BCUT2D eigenvalue weighted by Gasteiger charge is 2.45. The third-order valence-electron chi connectivity index (χ3n) is 6.81. The summed E-state index contributed by atoms with van der Waals surface area (Å²) in [6.45, 7) is 4.09. The molecule has 0 radical (unpaired) electrons. The maximum absolute atomic E-state index is 13.6. The van der Waals surface area contributed by atoms with Gasteiger partial charge >= 0.3 is 0 Å². The molecule has 5 rings (SSSR count). The number of hydrogen-bond acceptors (Lipinski definition) is 10. The van der Waals surface area contributed by atoms with Crippen molar-refractivity contribution < 1.29 is 14.3 Å². The standard InChI is InChI=1S/C29H28N6O3S2/c1-29(2)13-20-25(21(36)14-29)24(17-9-5-4-6-10-17)18(15-30)26(31)35(20)27-33-34-28(40-27)39-16-23(37)32-19-11-7-8-12-22(19)38-3/h4-12,24H,13-14,16,31H2,1-3H3,(H,32,37). The van der Waals surface area contributed by atoms with Crippen LogP contribution in [0.15, 0.2) is 81.6 Å². The molecule has 0 bridgehead atoms. The minimum Gasteiger partial charge on any atom is -0.495 e. The summed E-state index contributed by atoms with van der Waals surface area (Å²) in [7, 11) is 1.55. The topological polar surface area (TPSA) is 134 Å². The fourth-order valence-corrected chi connectivity index (χ4v) is 6.80. The number of para-hydroxylation sites is 2. The van der Waals surface area contributed by atoms with E-state index >= 15 is 0 Å². The molecule has 40 heavy (non-hydrogen) atoms. The highest BCUT2D eigenvalue weighted by molar-refractivity contribution is 8.01. The first-order valence-electron chi connectivity index (χ1n) is 12.6. The highest BCUT2D eigenvalue weighted by atomic mass is 32.2. The van der Waals surface area contributed by atoms with Gasteiger partial charge in [0, 0.05) is 17.7 Å². The van der Waals surface area contributed by atoms with Crippen LogP contribution in [0, 0.1) is 16.7 Å². The number of Topliss-reactive ketones (excluding diaryl/α,β-unsaturated/α-hetero) is 1. The van der Waals surface area contributed by atoms with E-state index in [-0.39, 0.29) is 28.7 Å². The summed E-state index contributed by atoms with van der Waals surface area (Å²) in [6, 6.07) is 19.0. The van der Waals surface area contributed by atoms with Crippen LogP contribution in [0.4, 0.5) is 10.8 Å². The maximum atomic E-state index is 13.6. The van der Waals surface area contributed by atoms with Gasteiger partial charge in [-0.3, -0.25) is 14.5 Å². The van der Waals surface area contributed by atoms with Crippen molar-refractivity contribution in [2.24, 2.45) is 11.1 Å². The first-order valence-corrected chi connectivity index (χ1v) is 14.4. The van der Waals surface area contributed by atoms with Crippen molar-refractivity contribution >= 4 is 45.6 Å². The summed E-state index contributed by atoms with van der Waals surface area (Å²) in [5.41, 5.74) is 9.44. The van der Waals surface area contributed by atoms with Crippen LogP contribution >= 0.6 is 23.1 Å². The fraction of sp³-hybridized carbons (Fsp3) is 0.276. The minimum absolute atomic E-state index is 0.00234. The lowest BCUT2D eigenvalue weighted by molar-refractivity contribution is -0.118. The number of thioether (sulfide) groups is 1. The summed E-state index contributed by atoms with van der Waals surface area (Å²) in [5, 5.41) is 22.1. The van der Waals surface area contributed by atoms with Crippen LogP contribution in [0.5, 0.6) is 5.75 Å². The predicted octanol–water partition coefficient (Wildman–Crippen LogP) is 5.22. The van der Waals surface area contributed by atoms with Crippen molar-refractivity contribution in [3.8, 4) is 11.8 Å². The number of nitrogens with two attached hydrogens (primary N) is 1. The number of nitrogens with one attached hydrogen (secondary N) is 1. The molecule has 0 fully saturated rings. The Morgan fingerprint density at radius 2 is 1.93 bits per heavy atom. The quantitative estimate of drug-likeness (QED) is 0.366. The Hall–Kier alpha value is -4.14. The van der Waals surface area contributed by atoms with Crippen molar-refractivity contribution in [3.63, 3.8) is 0 Å². The van der Waals surface area contributed by atoms with E-state index in [1.165, 1.54) is 23.1 Å². The fourth-order valence-electron chi connectivity index (χ4n) is 5.12. The van der Waals surface area contributed by atoms with Crippen LogP contribution in [0.25, 0.3) is 0 Å². The number of allylic oxidation sites excluding steroid dienone is 3. The van der Waals surface area contributed by atoms with E-state index in [1.54, 1.807) is 24.1 Å². The van der Waals surface area contributed by atoms with Gasteiger partial charge in [-0.05, 0) is 29.5 Å². The van der Waals surface area contributed by atoms with Crippen molar-refractivity contribution in [2.75, 3.05) is 23.1 Å². The van der Waals surface area contributed by atoms with Gasteiger partial charge in [0.25, 0.3) is 0 Å². The van der Waals surface area contributed by atoms with Crippen molar-refractivity contribution in [3.05, 3.63) is 82.8 Å². The average molecular weight is 573 g/mol. The van der Waals surface area contributed by atoms with Gasteiger partial charge in [0.05, 0.1) is 36.1 Å². The van der Waals surface area contributed by atoms with Gasteiger partial charge in [0.2, 0.25) is 11.0 Å². The molecule has 1 aromatic heterocycles. The van der Waals surface area contributed by atoms with E-state index in [4.69, 9.17) is 10.5 Å². The number of aromatic nitrogens is 2. The third-order valence-corrected chi connectivity index (χ3v) is 8.85. The van der Waals surface area contributed by atoms with Crippen LogP contribution in [0.2, 0.25) is 0 Å². The molecule has 1 aliphatic heterocycles. The lowest BCUT2D eigenvalue weighted by Gasteiger charge is -2.42. The number of hydrogen-bond donors (Lipinski definition) is 2. The van der Waals surface area contributed by atoms with Gasteiger partial charge in [-0.25, -0.2) is 0 Å². The predicted molar refractivity (Wildman–Crippen MR) is 156 cm³/mol. The Bertz CT molecular complexity index is 1570. The monoisotopic (exact) mass is 572 g/mol. The SMILES string of the molecule is COc1ccccc1NC(=O)CSc1nnc(N2C(N)=C(C#N)C(c3ccccc3)C3=C2CC(C)(C)CC3=O)s1. The second-order valence-electron chi connectivity index (χ2n) is 10.3. The number of methoxy groups -OCH3 is 1. The van der Waals surface area contributed by atoms with Gasteiger partial charge < -0.3 is 15.8 Å². The van der Waals surface area contributed by atoms with Crippen molar-refractivity contribution in [2.45, 2.75) is 36.9 Å². The van der Waals surface area contributed by atoms with Gasteiger partial charge in [0.15, 0.2) is 10.1 Å². The molecular formula is C29H28N6O3S2. The first-order chi connectivity index (χ1) is 19.2. The van der Waals surface area contributed by atoms with E-state index in [0.717, 1.165) is 11.3 Å². The minimum atomic E-state index is -0.540. The average Bonchev–Trinajstić information content (AvgIpc) is 3.40. The molecule has 1 unspecified atom stereocenters. The van der Waals surface area contributed by atoms with Crippen LogP contribution in [0.3, 0.4) is 0 Å². The van der Waals surface area contributed by atoms with E-state index in [2.05, 4.69) is 21.6 Å². The molecule has 2 heterocycles. The number of benzene rings is 2. The van der Waals surface area contributed by atoms with E-state index in [0.29, 0.717) is 44.9 Å². The largest absolute Gasteiger partial charge is 0.495 e. The smallest absolute Gasteiger partial charge is 0.234 e. The Balaban J connectivity index is 1.44. The molecule has 3 N–H and O–H groups in total. The Kier molecular flexibility index (Phi) is 7.65. The Morgan fingerprint density at radius 1 is 1.20 bits per heavy atom. The molecule has 9 nitrogen and oxygen atoms in total. The van der Waals surface area contributed by atoms with Crippen molar-refractivity contribution in [1.82, 2.24) is 10.2 Å².